The third-order valence-corrected chi connectivity index (χ3v) is 2.94. The molecule has 6 nitrogen and oxygen atoms in total. The van der Waals surface area contributed by atoms with Gasteiger partial charge in [0.1, 0.15) is 11.8 Å². The Hall–Kier alpha value is -1.95. The van der Waals surface area contributed by atoms with Gasteiger partial charge in [-0.05, 0) is 18.1 Å². The Balaban J connectivity index is 2.73. The zero-order chi connectivity index (χ0) is 15.3. The van der Waals surface area contributed by atoms with Crippen LogP contribution in [-0.4, -0.2) is 30.3 Å². The van der Waals surface area contributed by atoms with Crippen LogP contribution < -0.4 is 15.4 Å². The smallest absolute Gasteiger partial charge is 0.326 e. The second-order valence-corrected chi connectivity index (χ2v) is 4.91. The maximum absolute atomic E-state index is 11.8. The summed E-state index contributed by atoms with van der Waals surface area (Å²) in [7, 11) is 1.46. The standard InChI is InChI=1S/C13H17ClN2O4/c1-7(2)11(12(17)18)16-13(19)15-8-4-5-9(14)10(6-8)20-3/h4-7,11H,1-3H3,(H,17,18)(H2,15,16,19)/t11-/m0/s1. The van der Waals surface area contributed by atoms with Crippen LogP contribution in [0.15, 0.2) is 18.2 Å². The summed E-state index contributed by atoms with van der Waals surface area (Å²) in [5.41, 5.74) is 0.455. The van der Waals surface area contributed by atoms with Crippen LogP contribution in [0.4, 0.5) is 10.5 Å². The van der Waals surface area contributed by atoms with E-state index in [1.165, 1.54) is 7.11 Å². The van der Waals surface area contributed by atoms with Crippen molar-refractivity contribution in [2.45, 2.75) is 19.9 Å². The van der Waals surface area contributed by atoms with Crippen LogP contribution in [0.5, 0.6) is 5.75 Å². The van der Waals surface area contributed by atoms with Crippen LogP contribution in [0.1, 0.15) is 13.8 Å². The number of benzene rings is 1. The van der Waals surface area contributed by atoms with Gasteiger partial charge in [0.25, 0.3) is 0 Å². The third-order valence-electron chi connectivity index (χ3n) is 2.63. The zero-order valence-corrected chi connectivity index (χ0v) is 12.2. The Kier molecular flexibility index (Phi) is 5.64. The fourth-order valence-corrected chi connectivity index (χ4v) is 1.75. The van der Waals surface area contributed by atoms with Gasteiger partial charge in [-0.25, -0.2) is 9.59 Å². The van der Waals surface area contributed by atoms with Gasteiger partial charge >= 0.3 is 12.0 Å². The van der Waals surface area contributed by atoms with Gasteiger partial charge in [-0.2, -0.15) is 0 Å². The van der Waals surface area contributed by atoms with E-state index in [2.05, 4.69) is 10.6 Å². The van der Waals surface area contributed by atoms with Crippen molar-refractivity contribution < 1.29 is 19.4 Å². The lowest BCUT2D eigenvalue weighted by Crippen LogP contribution is -2.46. The summed E-state index contributed by atoms with van der Waals surface area (Å²) in [6, 6.07) is 3.16. The number of hydrogen-bond donors (Lipinski definition) is 3. The summed E-state index contributed by atoms with van der Waals surface area (Å²) in [5, 5.41) is 14.3. The van der Waals surface area contributed by atoms with Crippen molar-refractivity contribution in [3.05, 3.63) is 23.2 Å². The number of carboxylic acids is 1. The van der Waals surface area contributed by atoms with Crippen molar-refractivity contribution in [1.82, 2.24) is 5.32 Å². The van der Waals surface area contributed by atoms with Gasteiger partial charge < -0.3 is 20.5 Å². The average molecular weight is 301 g/mol. The quantitative estimate of drug-likeness (QED) is 0.780. The molecule has 3 N–H and O–H groups in total. The topological polar surface area (TPSA) is 87.7 Å². The summed E-state index contributed by atoms with van der Waals surface area (Å²) in [6.45, 7) is 3.43. The largest absolute Gasteiger partial charge is 0.495 e. The van der Waals surface area contributed by atoms with Crippen molar-refractivity contribution in [3.63, 3.8) is 0 Å². The fourth-order valence-electron chi connectivity index (χ4n) is 1.56. The van der Waals surface area contributed by atoms with Gasteiger partial charge in [0.2, 0.25) is 0 Å². The van der Waals surface area contributed by atoms with Crippen molar-refractivity contribution >= 4 is 29.3 Å². The van der Waals surface area contributed by atoms with Crippen LogP contribution in [0, 0.1) is 5.92 Å². The molecule has 110 valence electrons. The van der Waals surface area contributed by atoms with Crippen LogP contribution in [0.25, 0.3) is 0 Å². The molecule has 0 saturated carbocycles. The lowest BCUT2D eigenvalue weighted by Gasteiger charge is -2.18. The van der Waals surface area contributed by atoms with E-state index >= 15 is 0 Å². The van der Waals surface area contributed by atoms with Crippen molar-refractivity contribution in [1.29, 1.82) is 0 Å². The predicted octanol–water partition coefficient (Wildman–Crippen LogP) is 2.58. The maximum Gasteiger partial charge on any atom is 0.326 e. The molecule has 1 atom stereocenters. The SMILES string of the molecule is COc1cc(NC(=O)N[C@H](C(=O)O)C(C)C)ccc1Cl. The Bertz CT molecular complexity index is 505. The Labute approximate surface area is 122 Å². The van der Waals surface area contributed by atoms with Crippen LogP contribution in [-0.2, 0) is 4.79 Å². The number of aliphatic carboxylic acids is 1. The number of carbonyl (C=O) groups excluding carboxylic acids is 1. The lowest BCUT2D eigenvalue weighted by molar-refractivity contribution is -0.140. The van der Waals surface area contributed by atoms with Gasteiger partial charge in [0.05, 0.1) is 12.1 Å². The van der Waals surface area contributed by atoms with E-state index in [4.69, 9.17) is 21.4 Å². The number of urea groups is 1. The van der Waals surface area contributed by atoms with Gasteiger partial charge in [-0.3, -0.25) is 0 Å². The molecular formula is C13H17ClN2O4. The maximum atomic E-state index is 11.8. The van der Waals surface area contributed by atoms with Gasteiger partial charge in [-0.1, -0.05) is 25.4 Å². The van der Waals surface area contributed by atoms with Crippen molar-refractivity contribution in [2.24, 2.45) is 5.92 Å². The number of ether oxygens (including phenoxy) is 1. The van der Waals surface area contributed by atoms with Crippen molar-refractivity contribution in [2.75, 3.05) is 12.4 Å². The minimum Gasteiger partial charge on any atom is -0.495 e. The van der Waals surface area contributed by atoms with Gasteiger partial charge in [0, 0.05) is 11.8 Å². The third kappa shape index (κ3) is 4.31. The second-order valence-electron chi connectivity index (χ2n) is 4.51. The molecule has 1 aromatic rings. The molecule has 0 aliphatic carbocycles. The average Bonchev–Trinajstić information content (AvgIpc) is 2.37. The number of nitrogens with one attached hydrogen (secondary N) is 2. The molecule has 1 aromatic carbocycles. The molecule has 0 fully saturated rings. The first-order valence-corrected chi connectivity index (χ1v) is 6.36. The van der Waals surface area contributed by atoms with E-state index in [9.17, 15) is 9.59 Å². The Morgan fingerprint density at radius 1 is 1.35 bits per heavy atom. The molecule has 0 bridgehead atoms. The van der Waals surface area contributed by atoms with Crippen LogP contribution in [0.2, 0.25) is 5.02 Å². The normalized spacial score (nSPS) is 11.8. The number of halogens is 1. The van der Waals surface area contributed by atoms with E-state index in [0.717, 1.165) is 0 Å². The van der Waals surface area contributed by atoms with Gasteiger partial charge in [0.15, 0.2) is 0 Å². The second kappa shape index (κ2) is 7.00. The minimum absolute atomic E-state index is 0.224. The monoisotopic (exact) mass is 300 g/mol. The first-order valence-electron chi connectivity index (χ1n) is 5.99. The van der Waals surface area contributed by atoms with Crippen LogP contribution in [0.3, 0.4) is 0 Å². The molecule has 7 heteroatoms. The number of hydrogen-bond acceptors (Lipinski definition) is 3. The molecule has 20 heavy (non-hydrogen) atoms. The van der Waals surface area contributed by atoms with E-state index in [1.54, 1.807) is 32.0 Å². The molecule has 0 aliphatic rings. The molecule has 0 radical (unpaired) electrons. The summed E-state index contributed by atoms with van der Waals surface area (Å²) < 4.78 is 5.03. The van der Waals surface area contributed by atoms with E-state index in [1.807, 2.05) is 0 Å². The Morgan fingerprint density at radius 2 is 2.00 bits per heavy atom. The van der Waals surface area contributed by atoms with E-state index in [-0.39, 0.29) is 5.92 Å². The van der Waals surface area contributed by atoms with Crippen molar-refractivity contribution in [3.8, 4) is 5.75 Å². The summed E-state index contributed by atoms with van der Waals surface area (Å²) in [5.74, 6) is -0.884. The molecule has 0 saturated heterocycles. The summed E-state index contributed by atoms with van der Waals surface area (Å²) >= 11 is 5.87. The predicted molar refractivity (Wildman–Crippen MR) is 76.4 cm³/mol. The minimum atomic E-state index is -1.08. The molecule has 0 heterocycles. The highest BCUT2D eigenvalue weighted by Crippen LogP contribution is 2.27. The van der Waals surface area contributed by atoms with E-state index in [0.29, 0.717) is 16.5 Å². The lowest BCUT2D eigenvalue weighted by atomic mass is 10.1. The highest BCUT2D eigenvalue weighted by Gasteiger charge is 2.23. The number of carboxylic acid groups (broad SMARTS) is 1. The summed E-state index contributed by atoms with van der Waals surface area (Å²) in [6.07, 6.45) is 0. The molecule has 0 aliphatic heterocycles. The van der Waals surface area contributed by atoms with Crippen LogP contribution >= 0.6 is 11.6 Å². The molecule has 1 rings (SSSR count). The number of methoxy groups -OCH3 is 1. The zero-order valence-electron chi connectivity index (χ0n) is 11.4. The molecule has 2 amide bonds. The summed E-state index contributed by atoms with van der Waals surface area (Å²) in [4.78, 5) is 22.8. The fraction of sp³-hybridized carbons (Fsp3) is 0.385. The number of rotatable bonds is 5. The number of carbonyl (C=O) groups is 2. The Morgan fingerprint density at radius 3 is 2.50 bits per heavy atom. The van der Waals surface area contributed by atoms with Gasteiger partial charge in [-0.15, -0.1) is 0 Å². The first kappa shape index (κ1) is 16.1. The highest BCUT2D eigenvalue weighted by atomic mass is 35.5. The molecular weight excluding hydrogens is 284 g/mol. The number of amides is 2. The first-order chi connectivity index (χ1) is 9.35. The molecule has 0 aromatic heterocycles. The molecule has 0 spiro atoms. The molecule has 0 unspecified atom stereocenters. The van der Waals surface area contributed by atoms with E-state index < -0.39 is 18.0 Å². The highest BCUT2D eigenvalue weighted by molar-refractivity contribution is 6.32. The number of anilines is 1.